The number of furan rings is 1. The number of aromatic nitrogens is 3. The van der Waals surface area contributed by atoms with Crippen molar-refractivity contribution in [3.05, 3.63) is 115 Å². The Kier molecular flexibility index (Phi) is 4.11. The average molecular weight is 438 g/mol. The summed E-state index contributed by atoms with van der Waals surface area (Å²) < 4.78 is 8.47. The zero-order chi connectivity index (χ0) is 22.5. The second kappa shape index (κ2) is 7.42. The number of pyridine rings is 1. The summed E-state index contributed by atoms with van der Waals surface area (Å²) in [7, 11) is 0. The Morgan fingerprint density at radius 3 is 2.18 bits per heavy atom. The molecule has 7 rings (SSSR count). The monoisotopic (exact) mass is 437 g/mol. The number of hydrogen-bond acceptors (Lipinski definition) is 3. The molecule has 0 aliphatic rings. The van der Waals surface area contributed by atoms with Crippen molar-refractivity contribution in [2.75, 3.05) is 0 Å². The maximum Gasteiger partial charge on any atom is 0.165 e. The van der Waals surface area contributed by atoms with Gasteiger partial charge in [-0.2, -0.15) is 0 Å². The molecule has 0 atom stereocenters. The molecule has 0 fully saturated rings. The van der Waals surface area contributed by atoms with Gasteiger partial charge in [0.05, 0.1) is 11.3 Å². The van der Waals surface area contributed by atoms with Gasteiger partial charge in [0.2, 0.25) is 0 Å². The van der Waals surface area contributed by atoms with Crippen LogP contribution in [0.25, 0.3) is 61.4 Å². The van der Waals surface area contributed by atoms with Gasteiger partial charge in [-0.25, -0.2) is 9.97 Å². The summed E-state index contributed by atoms with van der Waals surface area (Å²) in [4.78, 5) is 10.1. The predicted molar refractivity (Wildman–Crippen MR) is 137 cm³/mol. The van der Waals surface area contributed by atoms with E-state index in [0.29, 0.717) is 0 Å². The second-order valence-electron chi connectivity index (χ2n) is 8.29. The fraction of sp³-hybridized carbons (Fsp3) is 0. The van der Waals surface area contributed by atoms with E-state index in [9.17, 15) is 0 Å². The molecule has 0 unspecified atom stereocenters. The number of benzene rings is 4. The molecule has 0 amide bonds. The molecule has 0 radical (unpaired) electrons. The molecular formula is C30H19N3O. The highest BCUT2D eigenvalue weighted by atomic mass is 16.3. The van der Waals surface area contributed by atoms with Crippen LogP contribution in [0, 0.1) is 0 Å². The van der Waals surface area contributed by atoms with Gasteiger partial charge in [0.25, 0.3) is 0 Å². The molecule has 0 N–H and O–H groups in total. The van der Waals surface area contributed by atoms with E-state index >= 15 is 0 Å². The van der Waals surface area contributed by atoms with E-state index in [4.69, 9.17) is 14.4 Å². The first kappa shape index (κ1) is 18.8. The van der Waals surface area contributed by atoms with Gasteiger partial charge in [-0.15, -0.1) is 0 Å². The van der Waals surface area contributed by atoms with Gasteiger partial charge in [0.1, 0.15) is 16.7 Å². The lowest BCUT2D eigenvalue weighted by Crippen LogP contribution is -1.99. The average Bonchev–Trinajstić information content (AvgIpc) is 3.48. The summed E-state index contributed by atoms with van der Waals surface area (Å²) in [5.41, 5.74) is 7.30. The molecule has 34 heavy (non-hydrogen) atoms. The molecule has 3 aromatic heterocycles. The fourth-order valence-corrected chi connectivity index (χ4v) is 4.65. The molecule has 0 aliphatic carbocycles. The Balaban J connectivity index is 1.56. The molecule has 7 aromatic rings. The molecule has 0 saturated carbocycles. The highest BCUT2D eigenvalue weighted by Crippen LogP contribution is 2.37. The molecule has 3 heterocycles. The van der Waals surface area contributed by atoms with Crippen LogP contribution in [0.5, 0.6) is 0 Å². The van der Waals surface area contributed by atoms with Crippen LogP contribution in [0.15, 0.2) is 120 Å². The second-order valence-corrected chi connectivity index (χ2v) is 8.29. The lowest BCUT2D eigenvalue weighted by molar-refractivity contribution is 0.669. The first-order valence-electron chi connectivity index (χ1n) is 11.3. The standard InChI is InChI=1S/C30H19N3O/c1-3-10-20(11-4-1)25-18-19-26-30(31-25)33(21-12-5-2-6-13-21)29(32-26)24-16-9-15-23-22-14-7-8-17-27(22)34-28(23)24/h1-19H. The molecule has 0 aliphatic heterocycles. The van der Waals surface area contributed by atoms with E-state index in [0.717, 1.165) is 61.4 Å². The van der Waals surface area contributed by atoms with Crippen LogP contribution in [-0.4, -0.2) is 14.5 Å². The minimum atomic E-state index is 0.809. The van der Waals surface area contributed by atoms with Crippen LogP contribution in [0.3, 0.4) is 0 Å². The van der Waals surface area contributed by atoms with E-state index < -0.39 is 0 Å². The van der Waals surface area contributed by atoms with Crippen molar-refractivity contribution in [2.24, 2.45) is 0 Å². The van der Waals surface area contributed by atoms with E-state index in [1.54, 1.807) is 0 Å². The number of imidazole rings is 1. The molecule has 4 heteroatoms. The van der Waals surface area contributed by atoms with Crippen LogP contribution < -0.4 is 0 Å². The SMILES string of the molecule is c1ccc(-c2ccc3nc(-c4cccc5c4oc4ccccc45)n(-c4ccccc4)c3n2)cc1. The van der Waals surface area contributed by atoms with Crippen molar-refractivity contribution in [2.45, 2.75) is 0 Å². The summed E-state index contributed by atoms with van der Waals surface area (Å²) in [6.07, 6.45) is 0. The zero-order valence-corrected chi connectivity index (χ0v) is 18.2. The maximum atomic E-state index is 6.34. The molecule has 0 bridgehead atoms. The van der Waals surface area contributed by atoms with Gasteiger partial charge in [0.15, 0.2) is 11.5 Å². The van der Waals surface area contributed by atoms with Crippen LogP contribution in [-0.2, 0) is 0 Å². The predicted octanol–water partition coefficient (Wildman–Crippen LogP) is 7.65. The van der Waals surface area contributed by atoms with Crippen molar-refractivity contribution in [1.82, 2.24) is 14.5 Å². The molecule has 160 valence electrons. The summed E-state index contributed by atoms with van der Waals surface area (Å²) in [6, 6.07) is 39.0. The van der Waals surface area contributed by atoms with Crippen LogP contribution in [0.2, 0.25) is 0 Å². The normalized spacial score (nSPS) is 11.5. The zero-order valence-electron chi connectivity index (χ0n) is 18.2. The third-order valence-electron chi connectivity index (χ3n) is 6.23. The first-order valence-corrected chi connectivity index (χ1v) is 11.3. The Labute approximate surface area is 195 Å². The summed E-state index contributed by atoms with van der Waals surface area (Å²) >= 11 is 0. The molecule has 4 aromatic carbocycles. The van der Waals surface area contributed by atoms with Gasteiger partial charge in [-0.05, 0) is 36.4 Å². The minimum Gasteiger partial charge on any atom is -0.455 e. The van der Waals surface area contributed by atoms with E-state index in [1.807, 2.05) is 66.7 Å². The van der Waals surface area contributed by atoms with Crippen LogP contribution in [0.4, 0.5) is 0 Å². The number of para-hydroxylation sites is 3. The van der Waals surface area contributed by atoms with Gasteiger partial charge < -0.3 is 4.42 Å². The first-order chi connectivity index (χ1) is 16.9. The van der Waals surface area contributed by atoms with Crippen molar-refractivity contribution < 1.29 is 4.42 Å². The lowest BCUT2D eigenvalue weighted by Gasteiger charge is -2.10. The molecular weight excluding hydrogens is 418 g/mol. The molecule has 0 spiro atoms. The number of rotatable bonds is 3. The lowest BCUT2D eigenvalue weighted by atomic mass is 10.1. The Hall–Kier alpha value is -4.70. The van der Waals surface area contributed by atoms with Crippen molar-refractivity contribution in [1.29, 1.82) is 0 Å². The maximum absolute atomic E-state index is 6.34. The largest absolute Gasteiger partial charge is 0.455 e. The Morgan fingerprint density at radius 2 is 1.32 bits per heavy atom. The van der Waals surface area contributed by atoms with Crippen molar-refractivity contribution in [3.8, 4) is 28.3 Å². The molecule has 4 nitrogen and oxygen atoms in total. The summed E-state index contributed by atoms with van der Waals surface area (Å²) in [5.74, 6) is 0.809. The van der Waals surface area contributed by atoms with Gasteiger partial charge in [-0.3, -0.25) is 4.57 Å². The highest BCUT2D eigenvalue weighted by molar-refractivity contribution is 6.09. The van der Waals surface area contributed by atoms with E-state index in [2.05, 4.69) is 53.1 Å². The van der Waals surface area contributed by atoms with E-state index in [-0.39, 0.29) is 0 Å². The topological polar surface area (TPSA) is 43.9 Å². The highest BCUT2D eigenvalue weighted by Gasteiger charge is 2.20. The molecule has 0 saturated heterocycles. The van der Waals surface area contributed by atoms with Crippen LogP contribution in [0.1, 0.15) is 0 Å². The van der Waals surface area contributed by atoms with Gasteiger partial charge in [-0.1, -0.05) is 78.9 Å². The summed E-state index contributed by atoms with van der Waals surface area (Å²) in [5, 5.41) is 2.18. The Bertz CT molecular complexity index is 1800. The summed E-state index contributed by atoms with van der Waals surface area (Å²) in [6.45, 7) is 0. The third-order valence-corrected chi connectivity index (χ3v) is 6.23. The Morgan fingerprint density at radius 1 is 0.588 bits per heavy atom. The number of fused-ring (bicyclic) bond motifs is 4. The van der Waals surface area contributed by atoms with Crippen molar-refractivity contribution >= 4 is 33.1 Å². The number of hydrogen-bond donors (Lipinski definition) is 0. The van der Waals surface area contributed by atoms with Gasteiger partial charge >= 0.3 is 0 Å². The number of nitrogens with zero attached hydrogens (tertiary/aromatic N) is 3. The van der Waals surface area contributed by atoms with Crippen molar-refractivity contribution in [3.63, 3.8) is 0 Å². The third kappa shape index (κ3) is 2.86. The van der Waals surface area contributed by atoms with Gasteiger partial charge in [0, 0.05) is 22.0 Å². The van der Waals surface area contributed by atoms with Crippen LogP contribution >= 0.6 is 0 Å². The minimum absolute atomic E-state index is 0.809. The van der Waals surface area contributed by atoms with E-state index in [1.165, 1.54) is 0 Å². The smallest absolute Gasteiger partial charge is 0.165 e. The fourth-order valence-electron chi connectivity index (χ4n) is 4.65. The quantitative estimate of drug-likeness (QED) is 0.285.